The molecule has 0 radical (unpaired) electrons. The van der Waals surface area contributed by atoms with Gasteiger partial charge >= 0.3 is 0 Å². The molecule has 96 valence electrons. The van der Waals surface area contributed by atoms with Gasteiger partial charge in [0.05, 0.1) is 6.20 Å². The molecule has 0 aliphatic heterocycles. The minimum atomic E-state index is -0.189. The van der Waals surface area contributed by atoms with E-state index in [4.69, 9.17) is 11.6 Å². The summed E-state index contributed by atoms with van der Waals surface area (Å²) in [6, 6.07) is 6.81. The van der Waals surface area contributed by atoms with Gasteiger partial charge in [0.2, 0.25) is 0 Å². The Kier molecular flexibility index (Phi) is 4.37. The van der Waals surface area contributed by atoms with Gasteiger partial charge in [0.1, 0.15) is 5.82 Å². The quantitative estimate of drug-likeness (QED) is 0.756. The topological polar surface area (TPSA) is 17.8 Å². The van der Waals surface area contributed by atoms with E-state index < -0.39 is 0 Å². The van der Waals surface area contributed by atoms with Crippen LogP contribution in [0.3, 0.4) is 0 Å². The molecule has 2 rings (SSSR count). The summed E-state index contributed by atoms with van der Waals surface area (Å²) < 4.78 is 15.6. The summed E-state index contributed by atoms with van der Waals surface area (Å²) in [7, 11) is 0. The summed E-state index contributed by atoms with van der Waals surface area (Å²) in [5.41, 5.74) is 1.77. The molecule has 0 aliphatic carbocycles. The molecular formula is C14H16ClFN2. The first-order valence-electron chi connectivity index (χ1n) is 6.06. The number of hydrogen-bond acceptors (Lipinski definition) is 1. The van der Waals surface area contributed by atoms with Crippen LogP contribution in [-0.4, -0.2) is 15.7 Å². The molecule has 2 aromatic rings. The summed E-state index contributed by atoms with van der Waals surface area (Å²) in [5, 5.41) is 4.22. The second-order valence-corrected chi connectivity index (χ2v) is 4.59. The van der Waals surface area contributed by atoms with Crippen molar-refractivity contribution in [3.05, 3.63) is 53.6 Å². The average Bonchev–Trinajstić information content (AvgIpc) is 2.85. The third-order valence-corrected chi connectivity index (χ3v) is 3.40. The predicted octanol–water partition coefficient (Wildman–Crippen LogP) is 3.61. The number of alkyl halides is 1. The van der Waals surface area contributed by atoms with E-state index in [9.17, 15) is 4.39 Å². The molecule has 0 fully saturated rings. The Hall–Kier alpha value is -1.35. The normalized spacial score (nSPS) is 12.6. The summed E-state index contributed by atoms with van der Waals surface area (Å²) in [4.78, 5) is 0. The van der Waals surface area contributed by atoms with Crippen LogP contribution in [0.25, 0.3) is 0 Å². The van der Waals surface area contributed by atoms with Gasteiger partial charge in [-0.2, -0.15) is 5.10 Å². The van der Waals surface area contributed by atoms with Gasteiger partial charge in [-0.15, -0.1) is 11.6 Å². The Bertz CT molecular complexity index is 510. The van der Waals surface area contributed by atoms with Crippen molar-refractivity contribution in [2.45, 2.75) is 25.8 Å². The van der Waals surface area contributed by atoms with Gasteiger partial charge in [-0.05, 0) is 30.5 Å². The highest BCUT2D eigenvalue weighted by molar-refractivity contribution is 6.18. The molecule has 1 heterocycles. The third kappa shape index (κ3) is 2.91. The van der Waals surface area contributed by atoms with E-state index >= 15 is 0 Å². The third-order valence-electron chi connectivity index (χ3n) is 3.02. The SMILES string of the molecule is CCn1cc(CC(CCl)c2ccccc2F)cn1. The zero-order valence-electron chi connectivity index (χ0n) is 10.3. The van der Waals surface area contributed by atoms with Crippen LogP contribution in [0, 0.1) is 5.82 Å². The minimum absolute atomic E-state index is 0.0117. The van der Waals surface area contributed by atoms with Gasteiger partial charge < -0.3 is 0 Å². The molecule has 1 aromatic heterocycles. The van der Waals surface area contributed by atoms with Gasteiger partial charge in [-0.3, -0.25) is 4.68 Å². The molecule has 4 heteroatoms. The van der Waals surface area contributed by atoms with Gasteiger partial charge in [0.15, 0.2) is 0 Å². The van der Waals surface area contributed by atoms with Crippen LogP contribution in [0.1, 0.15) is 24.0 Å². The summed E-state index contributed by atoms with van der Waals surface area (Å²) in [5.74, 6) is 0.200. The molecule has 18 heavy (non-hydrogen) atoms. The van der Waals surface area contributed by atoms with Crippen molar-refractivity contribution in [3.8, 4) is 0 Å². The maximum absolute atomic E-state index is 13.7. The van der Waals surface area contributed by atoms with Crippen LogP contribution in [0.2, 0.25) is 0 Å². The average molecular weight is 267 g/mol. The van der Waals surface area contributed by atoms with Crippen molar-refractivity contribution in [1.29, 1.82) is 0 Å². The fourth-order valence-electron chi connectivity index (χ4n) is 2.02. The fraction of sp³-hybridized carbons (Fsp3) is 0.357. The van der Waals surface area contributed by atoms with E-state index in [1.165, 1.54) is 6.07 Å². The van der Waals surface area contributed by atoms with Crippen molar-refractivity contribution < 1.29 is 4.39 Å². The molecular weight excluding hydrogens is 251 g/mol. The first-order chi connectivity index (χ1) is 8.74. The molecule has 1 unspecified atom stereocenters. The molecule has 0 spiro atoms. The summed E-state index contributed by atoms with van der Waals surface area (Å²) in [6.07, 6.45) is 4.52. The number of hydrogen-bond donors (Lipinski definition) is 0. The first-order valence-corrected chi connectivity index (χ1v) is 6.59. The molecule has 0 saturated heterocycles. The first kappa shape index (κ1) is 13.1. The van der Waals surface area contributed by atoms with Crippen LogP contribution in [0.15, 0.2) is 36.7 Å². The molecule has 0 bridgehead atoms. The van der Waals surface area contributed by atoms with Gasteiger partial charge in [0, 0.05) is 24.5 Å². The predicted molar refractivity (Wildman–Crippen MR) is 71.5 cm³/mol. The second kappa shape index (κ2) is 6.01. The summed E-state index contributed by atoms with van der Waals surface area (Å²) >= 11 is 5.97. The van der Waals surface area contributed by atoms with Gasteiger partial charge in [0.25, 0.3) is 0 Å². The molecule has 0 amide bonds. The van der Waals surface area contributed by atoms with Crippen molar-refractivity contribution in [2.75, 3.05) is 5.88 Å². The van der Waals surface area contributed by atoms with Crippen LogP contribution in [0.5, 0.6) is 0 Å². The number of rotatable bonds is 5. The van der Waals surface area contributed by atoms with Crippen LogP contribution < -0.4 is 0 Å². The minimum Gasteiger partial charge on any atom is -0.273 e. The van der Waals surface area contributed by atoms with E-state index in [2.05, 4.69) is 5.10 Å². The standard InChI is InChI=1S/C14H16ClFN2/c1-2-18-10-11(9-17-18)7-12(8-15)13-5-3-4-6-14(13)16/h3-6,9-10,12H,2,7-8H2,1H3. The number of aromatic nitrogens is 2. The molecule has 1 aromatic carbocycles. The van der Waals surface area contributed by atoms with Crippen LogP contribution >= 0.6 is 11.6 Å². The Morgan fingerprint density at radius 3 is 2.78 bits per heavy atom. The number of halogens is 2. The lowest BCUT2D eigenvalue weighted by molar-refractivity contribution is 0.589. The number of nitrogens with zero attached hydrogens (tertiary/aromatic N) is 2. The van der Waals surface area contributed by atoms with E-state index in [0.717, 1.165) is 12.1 Å². The second-order valence-electron chi connectivity index (χ2n) is 4.28. The molecule has 1 atom stereocenters. The monoisotopic (exact) mass is 266 g/mol. The van der Waals surface area contributed by atoms with Crippen LogP contribution in [-0.2, 0) is 13.0 Å². The van der Waals surface area contributed by atoms with E-state index in [1.54, 1.807) is 12.1 Å². The van der Waals surface area contributed by atoms with Gasteiger partial charge in [-0.1, -0.05) is 18.2 Å². The maximum Gasteiger partial charge on any atom is 0.126 e. The van der Waals surface area contributed by atoms with Crippen molar-refractivity contribution in [2.24, 2.45) is 0 Å². The molecule has 2 nitrogen and oxygen atoms in total. The number of benzene rings is 1. The Labute approximate surface area is 111 Å². The Morgan fingerprint density at radius 2 is 2.17 bits per heavy atom. The highest BCUT2D eigenvalue weighted by Gasteiger charge is 2.15. The van der Waals surface area contributed by atoms with E-state index in [1.807, 2.05) is 30.1 Å². The smallest absolute Gasteiger partial charge is 0.126 e. The fourth-order valence-corrected chi connectivity index (χ4v) is 2.30. The van der Waals surface area contributed by atoms with Crippen molar-refractivity contribution in [3.63, 3.8) is 0 Å². The zero-order valence-corrected chi connectivity index (χ0v) is 11.1. The lowest BCUT2D eigenvalue weighted by atomic mass is 9.94. The molecule has 0 aliphatic rings. The van der Waals surface area contributed by atoms with Crippen molar-refractivity contribution >= 4 is 11.6 Å². The van der Waals surface area contributed by atoms with E-state index in [-0.39, 0.29) is 11.7 Å². The molecule has 0 saturated carbocycles. The largest absolute Gasteiger partial charge is 0.273 e. The Balaban J connectivity index is 2.17. The number of aryl methyl sites for hydroxylation is 1. The van der Waals surface area contributed by atoms with Crippen molar-refractivity contribution in [1.82, 2.24) is 9.78 Å². The highest BCUT2D eigenvalue weighted by atomic mass is 35.5. The lowest BCUT2D eigenvalue weighted by Crippen LogP contribution is -2.06. The maximum atomic E-state index is 13.7. The Morgan fingerprint density at radius 1 is 1.39 bits per heavy atom. The van der Waals surface area contributed by atoms with E-state index in [0.29, 0.717) is 17.9 Å². The summed E-state index contributed by atoms with van der Waals surface area (Å²) in [6.45, 7) is 2.87. The van der Waals surface area contributed by atoms with Crippen LogP contribution in [0.4, 0.5) is 4.39 Å². The van der Waals surface area contributed by atoms with Gasteiger partial charge in [-0.25, -0.2) is 4.39 Å². The molecule has 0 N–H and O–H groups in total. The highest BCUT2D eigenvalue weighted by Crippen LogP contribution is 2.24. The zero-order chi connectivity index (χ0) is 13.0. The lowest BCUT2D eigenvalue weighted by Gasteiger charge is -2.13.